The monoisotopic (exact) mass is 228 g/mol. The topological polar surface area (TPSA) is 15.6 Å². The highest BCUT2D eigenvalue weighted by atomic mass is 15.2. The molecule has 90 valence electrons. The number of aliphatic imine (C=N–C) groups is 1. The third-order valence-electron chi connectivity index (χ3n) is 3.38. The largest absolute Gasteiger partial charge is 0.366 e. The van der Waals surface area contributed by atoms with Crippen LogP contribution in [0.25, 0.3) is 0 Å². The fourth-order valence-electron chi connectivity index (χ4n) is 2.48. The average molecular weight is 228 g/mol. The number of rotatable bonds is 4. The smallest absolute Gasteiger partial charge is 0.0687 e. The lowest BCUT2D eigenvalue weighted by Gasteiger charge is -2.25. The Hall–Kier alpha value is -1.57. The number of benzene rings is 1. The van der Waals surface area contributed by atoms with Gasteiger partial charge in [-0.1, -0.05) is 30.4 Å². The van der Waals surface area contributed by atoms with Crippen molar-refractivity contribution in [2.45, 2.75) is 31.8 Å². The molecule has 1 saturated heterocycles. The lowest BCUT2D eigenvalue weighted by atomic mass is 10.1. The number of hydrogen-bond donors (Lipinski definition) is 0. The molecular formula is C15H20N2. The number of para-hydroxylation sites is 1. The van der Waals surface area contributed by atoms with E-state index in [-0.39, 0.29) is 0 Å². The van der Waals surface area contributed by atoms with Crippen LogP contribution < -0.4 is 4.90 Å². The summed E-state index contributed by atoms with van der Waals surface area (Å²) < 4.78 is 0. The number of anilines is 1. The average Bonchev–Trinajstić information content (AvgIpc) is 2.80. The molecule has 0 saturated carbocycles. The van der Waals surface area contributed by atoms with Crippen LogP contribution in [0.2, 0.25) is 0 Å². The molecule has 17 heavy (non-hydrogen) atoms. The Labute approximate surface area is 104 Å². The van der Waals surface area contributed by atoms with Crippen LogP contribution in [0.15, 0.2) is 47.5 Å². The molecule has 0 aromatic heterocycles. The summed E-state index contributed by atoms with van der Waals surface area (Å²) in [5, 5.41) is 0. The van der Waals surface area contributed by atoms with Crippen LogP contribution in [-0.2, 0) is 0 Å². The molecule has 1 aromatic carbocycles. The maximum Gasteiger partial charge on any atom is 0.0687 e. The van der Waals surface area contributed by atoms with Crippen LogP contribution in [0, 0.1) is 0 Å². The summed E-state index contributed by atoms with van der Waals surface area (Å²) in [5.41, 5.74) is 1.30. The predicted molar refractivity (Wildman–Crippen MR) is 75.0 cm³/mol. The van der Waals surface area contributed by atoms with E-state index in [1.165, 1.54) is 5.69 Å². The SMILES string of the molecule is C=N[C@@H]1C[C@@H](C/C=C\C)N(c2ccccc2)C1. The van der Waals surface area contributed by atoms with Gasteiger partial charge in [0.05, 0.1) is 6.04 Å². The van der Waals surface area contributed by atoms with Gasteiger partial charge in [-0.3, -0.25) is 4.99 Å². The summed E-state index contributed by atoms with van der Waals surface area (Å²) in [7, 11) is 0. The third-order valence-corrected chi connectivity index (χ3v) is 3.38. The van der Waals surface area contributed by atoms with Gasteiger partial charge < -0.3 is 4.90 Å². The normalized spacial score (nSPS) is 24.4. The maximum atomic E-state index is 4.21. The fraction of sp³-hybridized carbons (Fsp3) is 0.400. The van der Waals surface area contributed by atoms with Crippen molar-refractivity contribution in [1.82, 2.24) is 0 Å². The number of nitrogens with zero attached hydrogens (tertiary/aromatic N) is 2. The van der Waals surface area contributed by atoms with Gasteiger partial charge in [-0.25, -0.2) is 0 Å². The van der Waals surface area contributed by atoms with Gasteiger partial charge in [0.1, 0.15) is 0 Å². The Kier molecular flexibility index (Phi) is 3.97. The van der Waals surface area contributed by atoms with Gasteiger partial charge >= 0.3 is 0 Å². The molecule has 1 heterocycles. The predicted octanol–water partition coefficient (Wildman–Crippen LogP) is 3.30. The quantitative estimate of drug-likeness (QED) is 0.570. The molecular weight excluding hydrogens is 208 g/mol. The molecule has 2 heteroatoms. The first kappa shape index (κ1) is 11.9. The van der Waals surface area contributed by atoms with E-state index in [2.05, 4.69) is 66.0 Å². The van der Waals surface area contributed by atoms with Gasteiger partial charge in [-0.05, 0) is 38.6 Å². The second-order valence-electron chi connectivity index (χ2n) is 4.52. The number of hydrogen-bond acceptors (Lipinski definition) is 2. The molecule has 0 N–H and O–H groups in total. The Morgan fingerprint density at radius 1 is 1.41 bits per heavy atom. The van der Waals surface area contributed by atoms with Crippen molar-refractivity contribution in [3.8, 4) is 0 Å². The number of allylic oxidation sites excluding steroid dienone is 1. The molecule has 1 aliphatic heterocycles. The minimum absolute atomic E-state index is 0.380. The molecule has 0 aliphatic carbocycles. The van der Waals surface area contributed by atoms with Crippen molar-refractivity contribution in [3.63, 3.8) is 0 Å². The van der Waals surface area contributed by atoms with E-state index in [0.29, 0.717) is 12.1 Å². The highest BCUT2D eigenvalue weighted by molar-refractivity contribution is 5.49. The zero-order valence-electron chi connectivity index (χ0n) is 10.4. The highest BCUT2D eigenvalue weighted by Gasteiger charge is 2.30. The second-order valence-corrected chi connectivity index (χ2v) is 4.52. The Morgan fingerprint density at radius 3 is 2.82 bits per heavy atom. The molecule has 2 rings (SSSR count). The molecule has 0 radical (unpaired) electrons. The van der Waals surface area contributed by atoms with Crippen LogP contribution >= 0.6 is 0 Å². The Bertz CT molecular complexity index is 383. The molecule has 0 amide bonds. The van der Waals surface area contributed by atoms with Crippen LogP contribution in [0.1, 0.15) is 19.8 Å². The summed E-state index contributed by atoms with van der Waals surface area (Å²) >= 11 is 0. The summed E-state index contributed by atoms with van der Waals surface area (Å²) in [6.45, 7) is 6.76. The van der Waals surface area contributed by atoms with Crippen molar-refractivity contribution < 1.29 is 0 Å². The van der Waals surface area contributed by atoms with Crippen LogP contribution in [0.3, 0.4) is 0 Å². The fourth-order valence-corrected chi connectivity index (χ4v) is 2.48. The van der Waals surface area contributed by atoms with Gasteiger partial charge in [-0.2, -0.15) is 0 Å². The summed E-state index contributed by atoms with van der Waals surface area (Å²) in [6, 6.07) is 11.5. The van der Waals surface area contributed by atoms with Gasteiger partial charge in [0, 0.05) is 18.3 Å². The molecule has 1 aliphatic rings. The highest BCUT2D eigenvalue weighted by Crippen LogP contribution is 2.28. The van der Waals surface area contributed by atoms with E-state index in [4.69, 9.17) is 0 Å². The van der Waals surface area contributed by atoms with Crippen molar-refractivity contribution in [2.24, 2.45) is 4.99 Å². The van der Waals surface area contributed by atoms with Crippen molar-refractivity contribution in [2.75, 3.05) is 11.4 Å². The summed E-state index contributed by atoms with van der Waals surface area (Å²) in [4.78, 5) is 6.66. The van der Waals surface area contributed by atoms with Crippen LogP contribution in [0.5, 0.6) is 0 Å². The van der Waals surface area contributed by atoms with Gasteiger partial charge in [0.15, 0.2) is 0 Å². The van der Waals surface area contributed by atoms with E-state index < -0.39 is 0 Å². The van der Waals surface area contributed by atoms with Gasteiger partial charge in [0.2, 0.25) is 0 Å². The van der Waals surface area contributed by atoms with E-state index in [0.717, 1.165) is 19.4 Å². The van der Waals surface area contributed by atoms with Crippen molar-refractivity contribution in [3.05, 3.63) is 42.5 Å². The van der Waals surface area contributed by atoms with Crippen LogP contribution in [0.4, 0.5) is 5.69 Å². The zero-order chi connectivity index (χ0) is 12.1. The standard InChI is InChI=1S/C15H20N2/c1-3-4-8-15-11-13(16-2)12-17(15)14-9-6-5-7-10-14/h3-7,9-10,13,15H,2,8,11-12H2,1H3/b4-3-/t13-,15-/m1/s1. The molecule has 1 aromatic rings. The Balaban J connectivity index is 2.15. The van der Waals surface area contributed by atoms with E-state index in [1.54, 1.807) is 0 Å². The molecule has 0 spiro atoms. The lowest BCUT2D eigenvalue weighted by Crippen LogP contribution is -2.29. The van der Waals surface area contributed by atoms with Gasteiger partial charge in [0.25, 0.3) is 0 Å². The van der Waals surface area contributed by atoms with E-state index in [1.807, 2.05) is 0 Å². The molecule has 0 unspecified atom stereocenters. The minimum atomic E-state index is 0.380. The molecule has 0 bridgehead atoms. The summed E-state index contributed by atoms with van der Waals surface area (Å²) in [5.74, 6) is 0. The lowest BCUT2D eigenvalue weighted by molar-refractivity contribution is 0.652. The van der Waals surface area contributed by atoms with Crippen molar-refractivity contribution in [1.29, 1.82) is 0 Å². The first-order valence-corrected chi connectivity index (χ1v) is 6.24. The summed E-state index contributed by atoms with van der Waals surface area (Å²) in [6.07, 6.45) is 6.57. The van der Waals surface area contributed by atoms with Crippen molar-refractivity contribution >= 4 is 12.4 Å². The molecule has 2 nitrogen and oxygen atoms in total. The Morgan fingerprint density at radius 2 is 2.18 bits per heavy atom. The first-order valence-electron chi connectivity index (χ1n) is 6.24. The first-order chi connectivity index (χ1) is 8.35. The van der Waals surface area contributed by atoms with Crippen LogP contribution in [-0.4, -0.2) is 25.3 Å². The zero-order valence-corrected chi connectivity index (χ0v) is 10.4. The minimum Gasteiger partial charge on any atom is -0.366 e. The second kappa shape index (κ2) is 5.67. The third kappa shape index (κ3) is 2.76. The maximum absolute atomic E-state index is 4.21. The van der Waals surface area contributed by atoms with E-state index >= 15 is 0 Å². The van der Waals surface area contributed by atoms with Gasteiger partial charge in [-0.15, -0.1) is 0 Å². The molecule has 2 atom stereocenters. The van der Waals surface area contributed by atoms with E-state index in [9.17, 15) is 0 Å². The molecule has 1 fully saturated rings.